The van der Waals surface area contributed by atoms with Gasteiger partial charge in [0.15, 0.2) is 0 Å². The number of benzene rings is 1. The van der Waals surface area contributed by atoms with Crippen LogP contribution in [0.3, 0.4) is 0 Å². The van der Waals surface area contributed by atoms with Gasteiger partial charge in [0.1, 0.15) is 6.61 Å². The van der Waals surface area contributed by atoms with Crippen LogP contribution in [-0.4, -0.2) is 20.4 Å². The molecule has 0 aliphatic heterocycles. The summed E-state index contributed by atoms with van der Waals surface area (Å²) in [7, 11) is -3.71. The Bertz CT molecular complexity index is 821. The molecular formula is C16H17NO5S. The maximum atomic E-state index is 12.0. The maximum Gasteiger partial charge on any atom is 0.374 e. The normalized spacial score (nSPS) is 14.7. The van der Waals surface area contributed by atoms with Crippen molar-refractivity contribution in [3.05, 3.63) is 53.3 Å². The highest BCUT2D eigenvalue weighted by atomic mass is 32.2. The zero-order valence-electron chi connectivity index (χ0n) is 12.6. The third kappa shape index (κ3) is 4.00. The average Bonchev–Trinajstić information content (AvgIpc) is 3.15. The lowest BCUT2D eigenvalue weighted by Crippen LogP contribution is -2.25. The molecule has 1 aromatic carbocycles. The van der Waals surface area contributed by atoms with Crippen molar-refractivity contribution in [2.75, 3.05) is 0 Å². The largest absolute Gasteiger partial charge is 0.455 e. The summed E-state index contributed by atoms with van der Waals surface area (Å²) in [5.41, 5.74) is 1.92. The molecule has 1 N–H and O–H groups in total. The first-order chi connectivity index (χ1) is 10.9. The average molecular weight is 335 g/mol. The number of rotatable bonds is 6. The van der Waals surface area contributed by atoms with Crippen molar-refractivity contribution in [2.24, 2.45) is 0 Å². The molecule has 0 bridgehead atoms. The Morgan fingerprint density at radius 2 is 2.09 bits per heavy atom. The third-order valence-electron chi connectivity index (χ3n) is 3.40. The molecule has 1 aliphatic carbocycles. The van der Waals surface area contributed by atoms with E-state index in [-0.39, 0.29) is 23.5 Å². The second-order valence-corrected chi connectivity index (χ2v) is 7.22. The minimum absolute atomic E-state index is 0.0261. The fourth-order valence-corrected chi connectivity index (χ4v) is 3.31. The summed E-state index contributed by atoms with van der Waals surface area (Å²) in [4.78, 5) is 11.9. The number of hydrogen-bond donors (Lipinski definition) is 1. The van der Waals surface area contributed by atoms with Crippen LogP contribution in [0.2, 0.25) is 0 Å². The molecule has 1 aromatic heterocycles. The predicted molar refractivity (Wildman–Crippen MR) is 82.4 cm³/mol. The van der Waals surface area contributed by atoms with E-state index in [0.717, 1.165) is 24.0 Å². The Kier molecular flexibility index (Phi) is 4.23. The summed E-state index contributed by atoms with van der Waals surface area (Å²) in [6, 6.07) is 10.1. The molecule has 7 heteroatoms. The van der Waals surface area contributed by atoms with Crippen molar-refractivity contribution in [3.8, 4) is 0 Å². The fourth-order valence-electron chi connectivity index (χ4n) is 2.07. The number of nitrogens with one attached hydrogen (secondary N) is 1. The number of carbonyl (C=O) groups excluding carboxylic acids is 1. The highest BCUT2D eigenvalue weighted by molar-refractivity contribution is 7.89. The molecule has 1 aliphatic rings. The lowest BCUT2D eigenvalue weighted by atomic mass is 10.1. The Balaban J connectivity index is 1.64. The van der Waals surface area contributed by atoms with E-state index in [4.69, 9.17) is 9.15 Å². The number of aryl methyl sites for hydroxylation is 1. The van der Waals surface area contributed by atoms with E-state index in [1.807, 2.05) is 31.2 Å². The molecule has 6 nitrogen and oxygen atoms in total. The van der Waals surface area contributed by atoms with E-state index in [9.17, 15) is 13.2 Å². The van der Waals surface area contributed by atoms with Gasteiger partial charge in [0.2, 0.25) is 10.9 Å². The van der Waals surface area contributed by atoms with Crippen LogP contribution in [0.1, 0.15) is 34.5 Å². The number of hydrogen-bond acceptors (Lipinski definition) is 5. The van der Waals surface area contributed by atoms with E-state index in [1.165, 1.54) is 12.1 Å². The second-order valence-electron chi connectivity index (χ2n) is 5.58. The van der Waals surface area contributed by atoms with Crippen molar-refractivity contribution in [1.29, 1.82) is 0 Å². The SMILES string of the molecule is Cc1cccc(COC(=O)c2ccc(S(=O)(=O)NC3CC3)o2)c1. The van der Waals surface area contributed by atoms with E-state index in [0.29, 0.717) is 0 Å². The first-order valence-electron chi connectivity index (χ1n) is 7.29. The second kappa shape index (κ2) is 6.17. The van der Waals surface area contributed by atoms with Crippen LogP contribution in [0, 0.1) is 6.92 Å². The van der Waals surface area contributed by atoms with Gasteiger partial charge in [-0.2, -0.15) is 0 Å². The van der Waals surface area contributed by atoms with Gasteiger partial charge in [0.25, 0.3) is 10.0 Å². The van der Waals surface area contributed by atoms with Crippen molar-refractivity contribution in [3.63, 3.8) is 0 Å². The van der Waals surface area contributed by atoms with Crippen LogP contribution in [-0.2, 0) is 21.4 Å². The van der Waals surface area contributed by atoms with Crippen molar-refractivity contribution >= 4 is 16.0 Å². The molecule has 122 valence electrons. The lowest BCUT2D eigenvalue weighted by Gasteiger charge is -2.04. The van der Waals surface area contributed by atoms with Crippen LogP contribution in [0.15, 0.2) is 45.9 Å². The number of ether oxygens (including phenoxy) is 1. The molecule has 2 aromatic rings. The van der Waals surface area contributed by atoms with E-state index >= 15 is 0 Å². The first-order valence-corrected chi connectivity index (χ1v) is 8.77. The fraction of sp³-hybridized carbons (Fsp3) is 0.312. The highest BCUT2D eigenvalue weighted by Gasteiger charge is 2.30. The summed E-state index contributed by atoms with van der Waals surface area (Å²) in [5.74, 6) is -0.826. The molecule has 3 rings (SSSR count). The minimum atomic E-state index is -3.71. The minimum Gasteiger partial charge on any atom is -0.455 e. The van der Waals surface area contributed by atoms with Gasteiger partial charge in [-0.15, -0.1) is 0 Å². The molecule has 0 amide bonds. The van der Waals surface area contributed by atoms with Crippen LogP contribution in [0.4, 0.5) is 0 Å². The van der Waals surface area contributed by atoms with E-state index in [1.54, 1.807) is 0 Å². The summed E-state index contributed by atoms with van der Waals surface area (Å²) in [6.45, 7) is 2.05. The lowest BCUT2D eigenvalue weighted by molar-refractivity contribution is 0.0430. The van der Waals surface area contributed by atoms with E-state index < -0.39 is 16.0 Å². The number of sulfonamides is 1. The van der Waals surface area contributed by atoms with Gasteiger partial charge < -0.3 is 9.15 Å². The molecule has 0 spiro atoms. The van der Waals surface area contributed by atoms with E-state index in [2.05, 4.69) is 4.72 Å². The van der Waals surface area contributed by atoms with Gasteiger partial charge in [0, 0.05) is 6.04 Å². The summed E-state index contributed by atoms with van der Waals surface area (Å²) in [6.07, 6.45) is 1.65. The monoisotopic (exact) mass is 335 g/mol. The van der Waals surface area contributed by atoms with Crippen molar-refractivity contribution in [1.82, 2.24) is 4.72 Å². The zero-order chi connectivity index (χ0) is 16.4. The Labute approximate surface area is 134 Å². The van der Waals surface area contributed by atoms with Crippen LogP contribution >= 0.6 is 0 Å². The number of furan rings is 1. The molecule has 0 radical (unpaired) electrons. The number of carbonyl (C=O) groups is 1. The van der Waals surface area contributed by atoms with Crippen molar-refractivity contribution < 1.29 is 22.4 Å². The van der Waals surface area contributed by atoms with Gasteiger partial charge in [-0.25, -0.2) is 17.9 Å². The molecule has 1 saturated carbocycles. The van der Waals surface area contributed by atoms with Crippen LogP contribution in [0.5, 0.6) is 0 Å². The number of esters is 1. The smallest absolute Gasteiger partial charge is 0.374 e. The van der Waals surface area contributed by atoms with Crippen LogP contribution < -0.4 is 4.72 Å². The summed E-state index contributed by atoms with van der Waals surface area (Å²) < 4.78 is 36.7. The first kappa shape index (κ1) is 15.8. The molecule has 0 atom stereocenters. The topological polar surface area (TPSA) is 85.6 Å². The van der Waals surface area contributed by atoms with Gasteiger partial charge >= 0.3 is 5.97 Å². The molecule has 1 fully saturated rings. The van der Waals surface area contributed by atoms with Gasteiger partial charge in [-0.1, -0.05) is 29.8 Å². The Morgan fingerprint density at radius 3 is 2.78 bits per heavy atom. The molecular weight excluding hydrogens is 318 g/mol. The third-order valence-corrected chi connectivity index (χ3v) is 4.79. The molecule has 23 heavy (non-hydrogen) atoms. The summed E-state index contributed by atoms with van der Waals surface area (Å²) >= 11 is 0. The Morgan fingerprint density at radius 1 is 1.30 bits per heavy atom. The molecule has 0 unspecified atom stereocenters. The van der Waals surface area contributed by atoms with Gasteiger partial charge in [0.05, 0.1) is 0 Å². The standard InChI is InChI=1S/C16H17NO5S/c1-11-3-2-4-12(9-11)10-21-16(18)14-7-8-15(22-14)23(19,20)17-13-5-6-13/h2-4,7-9,13,17H,5-6,10H2,1H3. The van der Waals surface area contributed by atoms with Gasteiger partial charge in [-0.3, -0.25) is 0 Å². The quantitative estimate of drug-likeness (QED) is 0.819. The zero-order valence-corrected chi connectivity index (χ0v) is 13.4. The Hall–Kier alpha value is -2.12. The highest BCUT2D eigenvalue weighted by Crippen LogP contribution is 2.23. The van der Waals surface area contributed by atoms with Gasteiger partial charge in [-0.05, 0) is 37.5 Å². The van der Waals surface area contributed by atoms with Crippen molar-refractivity contribution in [2.45, 2.75) is 37.5 Å². The summed E-state index contributed by atoms with van der Waals surface area (Å²) in [5, 5.41) is -0.271. The predicted octanol–water partition coefficient (Wildman–Crippen LogP) is 2.39. The molecule has 1 heterocycles. The maximum absolute atomic E-state index is 12.0. The molecule has 0 saturated heterocycles. The van der Waals surface area contributed by atoms with Crippen LogP contribution in [0.25, 0.3) is 0 Å².